The molecule has 0 amide bonds. The monoisotopic (exact) mass is 309 g/mol. The molecule has 3 heterocycles. The molecule has 1 saturated heterocycles. The molecule has 106 valence electrons. The minimum absolute atomic E-state index is 0.00461. The van der Waals surface area contributed by atoms with E-state index in [1.165, 1.54) is 0 Å². The maximum Gasteiger partial charge on any atom is 0.340 e. The molecule has 0 saturated carbocycles. The van der Waals surface area contributed by atoms with Crippen molar-refractivity contribution in [3.63, 3.8) is 0 Å². The number of aliphatic hydroxyl groups excluding tert-OH is 1. The number of ether oxygens (including phenoxy) is 1. The molecule has 0 aliphatic carbocycles. The molecule has 1 aromatic rings. The first kappa shape index (κ1) is 13.8. The molecule has 0 aromatic carbocycles. The Bertz CT molecular complexity index is 526. The standard InChI is InChI=1S/C14H15NO3S2/c16-12-10(8-9-4-1-2-5-15-9)18-13(17)11(12)14-19-6-3-7-20-14/h1-2,4-5,10,14,16H,3,6-8H2. The second kappa shape index (κ2) is 6.10. The van der Waals surface area contributed by atoms with Crippen molar-refractivity contribution in [1.82, 2.24) is 4.98 Å². The van der Waals surface area contributed by atoms with Gasteiger partial charge in [-0.15, -0.1) is 23.5 Å². The largest absolute Gasteiger partial charge is 0.508 e. The zero-order valence-electron chi connectivity index (χ0n) is 10.8. The summed E-state index contributed by atoms with van der Waals surface area (Å²) in [4.78, 5) is 16.2. The van der Waals surface area contributed by atoms with Crippen LogP contribution in [0, 0.1) is 0 Å². The van der Waals surface area contributed by atoms with E-state index in [9.17, 15) is 9.90 Å². The lowest BCUT2D eigenvalue weighted by Gasteiger charge is -2.20. The molecular formula is C14H15NO3S2. The van der Waals surface area contributed by atoms with Crippen LogP contribution in [0.1, 0.15) is 12.1 Å². The number of nitrogens with zero attached hydrogens (tertiary/aromatic N) is 1. The van der Waals surface area contributed by atoms with Crippen LogP contribution < -0.4 is 0 Å². The minimum atomic E-state index is -0.587. The van der Waals surface area contributed by atoms with E-state index < -0.39 is 6.10 Å². The van der Waals surface area contributed by atoms with E-state index in [-0.39, 0.29) is 16.3 Å². The van der Waals surface area contributed by atoms with Crippen molar-refractivity contribution in [3.05, 3.63) is 41.4 Å². The first-order valence-corrected chi connectivity index (χ1v) is 8.62. The third-order valence-electron chi connectivity index (χ3n) is 3.23. The van der Waals surface area contributed by atoms with Crippen molar-refractivity contribution in [3.8, 4) is 0 Å². The Kier molecular flexibility index (Phi) is 4.21. The van der Waals surface area contributed by atoms with Gasteiger partial charge >= 0.3 is 5.97 Å². The third kappa shape index (κ3) is 2.81. The summed E-state index contributed by atoms with van der Waals surface area (Å²) in [5.41, 5.74) is 1.25. The summed E-state index contributed by atoms with van der Waals surface area (Å²) in [6.45, 7) is 0. The van der Waals surface area contributed by atoms with Crippen molar-refractivity contribution in [2.75, 3.05) is 11.5 Å². The van der Waals surface area contributed by atoms with Crippen LogP contribution in [0.2, 0.25) is 0 Å². The normalized spacial score (nSPS) is 24.0. The lowest BCUT2D eigenvalue weighted by atomic mass is 10.1. The highest BCUT2D eigenvalue weighted by Gasteiger charge is 2.39. The number of aromatic nitrogens is 1. The predicted octanol–water partition coefficient (Wildman–Crippen LogP) is 2.56. The van der Waals surface area contributed by atoms with Crippen LogP contribution >= 0.6 is 23.5 Å². The van der Waals surface area contributed by atoms with Gasteiger partial charge in [-0.25, -0.2) is 4.79 Å². The van der Waals surface area contributed by atoms with Gasteiger partial charge in [-0.2, -0.15) is 0 Å². The van der Waals surface area contributed by atoms with Gasteiger partial charge in [-0.3, -0.25) is 4.98 Å². The Balaban J connectivity index is 1.77. The van der Waals surface area contributed by atoms with E-state index >= 15 is 0 Å². The Morgan fingerprint density at radius 2 is 2.15 bits per heavy atom. The smallest absolute Gasteiger partial charge is 0.340 e. The summed E-state index contributed by atoms with van der Waals surface area (Å²) in [6.07, 6.45) is 2.67. The number of rotatable bonds is 3. The number of pyridine rings is 1. The van der Waals surface area contributed by atoms with Gasteiger partial charge in [0.15, 0.2) is 6.10 Å². The summed E-state index contributed by atoms with van der Waals surface area (Å²) in [6, 6.07) is 5.58. The molecule has 1 unspecified atom stereocenters. The first-order valence-electron chi connectivity index (χ1n) is 6.53. The Morgan fingerprint density at radius 3 is 2.85 bits per heavy atom. The highest BCUT2D eigenvalue weighted by Crippen LogP contribution is 2.40. The van der Waals surface area contributed by atoms with Gasteiger partial charge < -0.3 is 9.84 Å². The summed E-state index contributed by atoms with van der Waals surface area (Å²) < 4.78 is 5.32. The van der Waals surface area contributed by atoms with Crippen LogP contribution in [-0.4, -0.2) is 38.3 Å². The molecule has 6 heteroatoms. The van der Waals surface area contributed by atoms with Crippen LogP contribution in [0.3, 0.4) is 0 Å². The van der Waals surface area contributed by atoms with Crippen molar-refractivity contribution in [2.45, 2.75) is 23.5 Å². The van der Waals surface area contributed by atoms with Crippen LogP contribution in [0.4, 0.5) is 0 Å². The Hall–Kier alpha value is -1.14. The van der Waals surface area contributed by atoms with E-state index in [0.29, 0.717) is 12.0 Å². The van der Waals surface area contributed by atoms with E-state index in [2.05, 4.69) is 4.98 Å². The number of thioether (sulfide) groups is 2. The van der Waals surface area contributed by atoms with Gasteiger partial charge in [0.05, 0.1) is 4.58 Å². The van der Waals surface area contributed by atoms with Gasteiger partial charge in [-0.05, 0) is 30.1 Å². The van der Waals surface area contributed by atoms with Crippen LogP contribution in [0.15, 0.2) is 35.7 Å². The van der Waals surface area contributed by atoms with E-state index in [1.807, 2.05) is 18.2 Å². The van der Waals surface area contributed by atoms with Gasteiger partial charge in [0.1, 0.15) is 11.3 Å². The molecule has 2 aliphatic heterocycles. The maximum absolute atomic E-state index is 12.0. The number of cyclic esters (lactones) is 1. The van der Waals surface area contributed by atoms with Gasteiger partial charge in [0, 0.05) is 18.3 Å². The summed E-state index contributed by atoms with van der Waals surface area (Å²) in [5.74, 6) is 1.75. The van der Waals surface area contributed by atoms with E-state index in [4.69, 9.17) is 4.74 Å². The second-order valence-electron chi connectivity index (χ2n) is 4.65. The molecule has 2 aliphatic rings. The average Bonchev–Trinajstić information content (AvgIpc) is 2.75. The lowest BCUT2D eigenvalue weighted by molar-refractivity contribution is -0.140. The molecule has 1 atom stereocenters. The molecule has 3 rings (SSSR count). The molecule has 0 spiro atoms. The molecule has 1 aromatic heterocycles. The SMILES string of the molecule is O=C1OC(Cc2ccccn2)C(O)=C1C1SCCCS1. The molecule has 4 nitrogen and oxygen atoms in total. The van der Waals surface area contributed by atoms with Gasteiger partial charge in [0.25, 0.3) is 0 Å². The van der Waals surface area contributed by atoms with E-state index in [1.54, 1.807) is 29.7 Å². The topological polar surface area (TPSA) is 59.4 Å². The van der Waals surface area contributed by atoms with Crippen molar-refractivity contribution < 1.29 is 14.6 Å². The minimum Gasteiger partial charge on any atom is -0.508 e. The molecule has 0 bridgehead atoms. The first-order chi connectivity index (χ1) is 9.75. The molecule has 1 fully saturated rings. The number of hydrogen-bond donors (Lipinski definition) is 1. The molecule has 0 radical (unpaired) electrons. The zero-order chi connectivity index (χ0) is 13.9. The third-order valence-corrected chi connectivity index (χ3v) is 6.18. The number of aliphatic hydroxyl groups is 1. The Morgan fingerprint density at radius 1 is 1.35 bits per heavy atom. The van der Waals surface area contributed by atoms with Crippen molar-refractivity contribution in [2.24, 2.45) is 0 Å². The molecular weight excluding hydrogens is 294 g/mol. The average molecular weight is 309 g/mol. The zero-order valence-corrected chi connectivity index (χ0v) is 12.5. The highest BCUT2D eigenvalue weighted by atomic mass is 32.2. The van der Waals surface area contributed by atoms with Crippen LogP contribution in [-0.2, 0) is 16.0 Å². The predicted molar refractivity (Wildman–Crippen MR) is 80.8 cm³/mol. The van der Waals surface area contributed by atoms with Crippen molar-refractivity contribution >= 4 is 29.5 Å². The fraction of sp³-hybridized carbons (Fsp3) is 0.429. The maximum atomic E-state index is 12.0. The quantitative estimate of drug-likeness (QED) is 0.866. The van der Waals surface area contributed by atoms with Gasteiger partial charge in [0.2, 0.25) is 0 Å². The molecule has 20 heavy (non-hydrogen) atoms. The highest BCUT2D eigenvalue weighted by molar-refractivity contribution is 8.17. The number of esters is 1. The molecule has 1 N–H and O–H groups in total. The van der Waals surface area contributed by atoms with Gasteiger partial charge in [-0.1, -0.05) is 6.07 Å². The fourth-order valence-corrected chi connectivity index (χ4v) is 5.21. The lowest BCUT2D eigenvalue weighted by Crippen LogP contribution is -2.15. The van der Waals surface area contributed by atoms with Crippen LogP contribution in [0.25, 0.3) is 0 Å². The summed E-state index contributed by atoms with van der Waals surface area (Å²) in [5, 5.41) is 10.3. The van der Waals surface area contributed by atoms with Crippen molar-refractivity contribution in [1.29, 1.82) is 0 Å². The number of carbonyl (C=O) groups is 1. The number of hydrogen-bond acceptors (Lipinski definition) is 6. The second-order valence-corrected chi connectivity index (χ2v) is 7.37. The van der Waals surface area contributed by atoms with E-state index in [0.717, 1.165) is 23.6 Å². The van der Waals surface area contributed by atoms with Crippen LogP contribution in [0.5, 0.6) is 0 Å². The number of carbonyl (C=O) groups excluding carboxylic acids is 1. The summed E-state index contributed by atoms with van der Waals surface area (Å²) >= 11 is 3.41. The fourth-order valence-electron chi connectivity index (χ4n) is 2.25. The Labute approximate surface area is 126 Å². The summed E-state index contributed by atoms with van der Waals surface area (Å²) in [7, 11) is 0.